The van der Waals surface area contributed by atoms with Crippen LogP contribution in [-0.2, 0) is 6.54 Å². The van der Waals surface area contributed by atoms with Crippen molar-refractivity contribution in [3.05, 3.63) is 53.9 Å². The molecule has 84 valence electrons. The van der Waals surface area contributed by atoms with Crippen LogP contribution in [0.5, 0.6) is 0 Å². The van der Waals surface area contributed by atoms with E-state index in [-0.39, 0.29) is 0 Å². The molecule has 1 aromatic heterocycles. The van der Waals surface area contributed by atoms with Crippen molar-refractivity contribution >= 4 is 11.4 Å². The molecule has 0 saturated heterocycles. The Kier molecular flexibility index (Phi) is 3.22. The van der Waals surface area contributed by atoms with E-state index < -0.39 is 0 Å². The van der Waals surface area contributed by atoms with Crippen LogP contribution in [0.3, 0.4) is 0 Å². The van der Waals surface area contributed by atoms with Gasteiger partial charge in [-0.05, 0) is 29.8 Å². The second kappa shape index (κ2) is 4.99. The molecule has 0 amide bonds. The molecule has 0 aliphatic heterocycles. The summed E-state index contributed by atoms with van der Waals surface area (Å²) in [6.45, 7) is 0.667. The van der Waals surface area contributed by atoms with Gasteiger partial charge in [0.05, 0.1) is 0 Å². The predicted molar refractivity (Wildman–Crippen MR) is 67.1 cm³/mol. The van der Waals surface area contributed by atoms with Gasteiger partial charge >= 0.3 is 0 Å². The van der Waals surface area contributed by atoms with E-state index in [1.807, 2.05) is 36.4 Å². The van der Waals surface area contributed by atoms with Crippen molar-refractivity contribution in [1.29, 1.82) is 5.26 Å². The van der Waals surface area contributed by atoms with E-state index in [1.165, 1.54) is 0 Å². The van der Waals surface area contributed by atoms with Crippen LogP contribution in [0.2, 0.25) is 0 Å². The summed E-state index contributed by atoms with van der Waals surface area (Å²) in [4.78, 5) is 3.91. The number of pyridine rings is 1. The Morgan fingerprint density at radius 3 is 2.94 bits per heavy atom. The fraction of sp³-hybridized carbons (Fsp3) is 0.0769. The maximum atomic E-state index is 8.73. The molecule has 1 heterocycles. The van der Waals surface area contributed by atoms with Gasteiger partial charge in [0, 0.05) is 24.1 Å². The number of aromatic nitrogens is 1. The van der Waals surface area contributed by atoms with Crippen LogP contribution in [0, 0.1) is 11.3 Å². The normalized spacial score (nSPS) is 9.59. The molecular weight excluding hydrogens is 212 g/mol. The molecule has 0 aliphatic carbocycles. The molecule has 0 spiro atoms. The summed E-state index contributed by atoms with van der Waals surface area (Å²) >= 11 is 0. The molecule has 4 nitrogen and oxygen atoms in total. The predicted octanol–water partition coefficient (Wildman–Crippen LogP) is 2.15. The summed E-state index contributed by atoms with van der Waals surface area (Å²) in [5.74, 6) is 0. The van der Waals surface area contributed by atoms with E-state index in [4.69, 9.17) is 11.0 Å². The highest BCUT2D eigenvalue weighted by Crippen LogP contribution is 2.11. The maximum absolute atomic E-state index is 8.73. The molecule has 2 rings (SSSR count). The van der Waals surface area contributed by atoms with Crippen LogP contribution in [0.1, 0.15) is 11.3 Å². The zero-order chi connectivity index (χ0) is 12.1. The number of anilines is 2. The number of nitrogens with zero attached hydrogens (tertiary/aromatic N) is 2. The first-order valence-electron chi connectivity index (χ1n) is 5.22. The molecule has 0 saturated carbocycles. The van der Waals surface area contributed by atoms with Crippen LogP contribution in [0.15, 0.2) is 42.6 Å². The second-order valence-electron chi connectivity index (χ2n) is 3.64. The lowest BCUT2D eigenvalue weighted by Crippen LogP contribution is -2.00. The molecule has 1 aromatic carbocycles. The molecule has 0 fully saturated rings. The summed E-state index contributed by atoms with van der Waals surface area (Å²) in [5.41, 5.74) is 8.82. The van der Waals surface area contributed by atoms with E-state index in [0.29, 0.717) is 12.2 Å². The van der Waals surface area contributed by atoms with Gasteiger partial charge in [-0.25, -0.2) is 4.98 Å². The van der Waals surface area contributed by atoms with Crippen molar-refractivity contribution in [3.8, 4) is 6.07 Å². The number of nitrogens with two attached hydrogens (primary N) is 1. The second-order valence-corrected chi connectivity index (χ2v) is 3.64. The minimum Gasteiger partial charge on any atom is -0.399 e. The molecule has 0 bridgehead atoms. The van der Waals surface area contributed by atoms with Gasteiger partial charge in [-0.1, -0.05) is 12.1 Å². The standard InChI is InChI=1S/C13H12N4/c14-8-13-7-12(4-5-16-13)17-9-10-2-1-3-11(15)6-10/h1-7H,9,15H2,(H,16,17). The van der Waals surface area contributed by atoms with Crippen LogP contribution in [-0.4, -0.2) is 4.98 Å². The van der Waals surface area contributed by atoms with Gasteiger partial charge in [0.1, 0.15) is 11.8 Å². The molecule has 0 aliphatic rings. The first-order valence-corrected chi connectivity index (χ1v) is 5.22. The lowest BCUT2D eigenvalue weighted by molar-refractivity contribution is 1.14. The van der Waals surface area contributed by atoms with Crippen molar-refractivity contribution in [2.45, 2.75) is 6.54 Å². The summed E-state index contributed by atoms with van der Waals surface area (Å²) in [7, 11) is 0. The largest absolute Gasteiger partial charge is 0.399 e. The number of benzene rings is 1. The van der Waals surface area contributed by atoms with Crippen LogP contribution in [0.4, 0.5) is 11.4 Å². The van der Waals surface area contributed by atoms with Gasteiger partial charge in [-0.15, -0.1) is 0 Å². The third kappa shape index (κ3) is 2.95. The quantitative estimate of drug-likeness (QED) is 0.783. The lowest BCUT2D eigenvalue weighted by atomic mass is 10.2. The fourth-order valence-corrected chi connectivity index (χ4v) is 1.51. The topological polar surface area (TPSA) is 74.7 Å². The average molecular weight is 224 g/mol. The van der Waals surface area contributed by atoms with E-state index in [2.05, 4.69) is 10.3 Å². The number of nitrogens with one attached hydrogen (secondary N) is 1. The Morgan fingerprint density at radius 2 is 2.18 bits per heavy atom. The zero-order valence-corrected chi connectivity index (χ0v) is 9.22. The van der Waals surface area contributed by atoms with Crippen LogP contribution < -0.4 is 11.1 Å². The van der Waals surface area contributed by atoms with Crippen LogP contribution in [0.25, 0.3) is 0 Å². The molecule has 0 atom stereocenters. The summed E-state index contributed by atoms with van der Waals surface area (Å²) in [6, 6.07) is 13.2. The van der Waals surface area contributed by atoms with Gasteiger partial charge in [0.2, 0.25) is 0 Å². The number of nitriles is 1. The monoisotopic (exact) mass is 224 g/mol. The van der Waals surface area contributed by atoms with E-state index in [0.717, 1.165) is 16.9 Å². The first-order chi connectivity index (χ1) is 8.28. The van der Waals surface area contributed by atoms with Gasteiger partial charge in [-0.2, -0.15) is 5.26 Å². The third-order valence-electron chi connectivity index (χ3n) is 2.32. The van der Waals surface area contributed by atoms with Crippen LogP contribution >= 0.6 is 0 Å². The fourth-order valence-electron chi connectivity index (χ4n) is 1.51. The minimum atomic E-state index is 0.405. The highest BCUT2D eigenvalue weighted by Gasteiger charge is 1.97. The van der Waals surface area contributed by atoms with Crippen molar-refractivity contribution in [1.82, 2.24) is 4.98 Å². The van der Waals surface area contributed by atoms with Gasteiger partial charge in [-0.3, -0.25) is 0 Å². The summed E-state index contributed by atoms with van der Waals surface area (Å²) in [5, 5.41) is 11.9. The van der Waals surface area contributed by atoms with Crippen molar-refractivity contribution in [2.75, 3.05) is 11.1 Å². The number of nitrogen functional groups attached to an aromatic ring is 1. The molecule has 3 N–H and O–H groups in total. The highest BCUT2D eigenvalue weighted by molar-refractivity contribution is 5.47. The lowest BCUT2D eigenvalue weighted by Gasteiger charge is -2.06. The Labute approximate surface area is 99.7 Å². The molecule has 0 unspecified atom stereocenters. The van der Waals surface area contributed by atoms with Crippen molar-refractivity contribution in [2.24, 2.45) is 0 Å². The van der Waals surface area contributed by atoms with Gasteiger partial charge < -0.3 is 11.1 Å². The van der Waals surface area contributed by atoms with Gasteiger partial charge in [0.15, 0.2) is 0 Å². The number of hydrogen-bond donors (Lipinski definition) is 2. The van der Waals surface area contributed by atoms with Crippen molar-refractivity contribution < 1.29 is 0 Å². The molecule has 0 radical (unpaired) electrons. The molecule has 17 heavy (non-hydrogen) atoms. The number of hydrogen-bond acceptors (Lipinski definition) is 4. The van der Waals surface area contributed by atoms with E-state index >= 15 is 0 Å². The highest BCUT2D eigenvalue weighted by atomic mass is 14.9. The SMILES string of the molecule is N#Cc1cc(NCc2cccc(N)c2)ccn1. The maximum Gasteiger partial charge on any atom is 0.142 e. The Hall–Kier alpha value is -2.54. The smallest absolute Gasteiger partial charge is 0.142 e. The zero-order valence-electron chi connectivity index (χ0n) is 9.22. The summed E-state index contributed by atoms with van der Waals surface area (Å²) in [6.07, 6.45) is 1.61. The number of rotatable bonds is 3. The minimum absolute atomic E-state index is 0.405. The van der Waals surface area contributed by atoms with E-state index in [9.17, 15) is 0 Å². The van der Waals surface area contributed by atoms with Crippen molar-refractivity contribution in [3.63, 3.8) is 0 Å². The molecule has 4 heteroatoms. The Bertz CT molecular complexity index is 557. The first kappa shape index (κ1) is 11.0. The third-order valence-corrected chi connectivity index (χ3v) is 2.32. The van der Waals surface area contributed by atoms with E-state index in [1.54, 1.807) is 12.3 Å². The average Bonchev–Trinajstić information content (AvgIpc) is 2.37. The van der Waals surface area contributed by atoms with Gasteiger partial charge in [0.25, 0.3) is 0 Å². The Morgan fingerprint density at radius 1 is 1.29 bits per heavy atom. The molecular formula is C13H12N4. The summed E-state index contributed by atoms with van der Waals surface area (Å²) < 4.78 is 0. The Balaban J connectivity index is 2.05. The molecule has 2 aromatic rings.